The van der Waals surface area contributed by atoms with Crippen LogP contribution in [0.1, 0.15) is 11.1 Å². The molecule has 4 nitrogen and oxygen atoms in total. The minimum Gasteiger partial charge on any atom is -0.497 e. The van der Waals surface area contributed by atoms with Gasteiger partial charge in [-0.1, -0.05) is 22.9 Å². The van der Waals surface area contributed by atoms with Crippen molar-refractivity contribution in [1.29, 1.82) is 0 Å². The van der Waals surface area contributed by atoms with Crippen LogP contribution in [-0.4, -0.2) is 18.5 Å². The zero-order valence-electron chi connectivity index (χ0n) is 11.7. The van der Waals surface area contributed by atoms with Gasteiger partial charge < -0.3 is 9.47 Å². The predicted molar refractivity (Wildman–Crippen MR) is 75.7 cm³/mol. The van der Waals surface area contributed by atoms with Crippen molar-refractivity contribution < 1.29 is 14.2 Å². The number of ether oxygens (including phenoxy) is 2. The maximum absolute atomic E-state index is 5.82. The van der Waals surface area contributed by atoms with Gasteiger partial charge in [-0.25, -0.2) is 0 Å². The molecule has 1 aliphatic rings. The Bertz CT molecular complexity index is 651. The Morgan fingerprint density at radius 3 is 2.75 bits per heavy atom. The highest BCUT2D eigenvalue weighted by molar-refractivity contribution is 5.46. The van der Waals surface area contributed by atoms with Gasteiger partial charge >= 0.3 is 6.73 Å². The summed E-state index contributed by atoms with van der Waals surface area (Å²) in [6, 6.07) is 13.9. The van der Waals surface area contributed by atoms with Gasteiger partial charge in [0.15, 0.2) is 0 Å². The van der Waals surface area contributed by atoms with Crippen LogP contribution in [-0.2, 0) is 6.54 Å². The lowest BCUT2D eigenvalue weighted by molar-refractivity contribution is -0.636. The van der Waals surface area contributed by atoms with Gasteiger partial charge in [0, 0.05) is 0 Å². The lowest BCUT2D eigenvalue weighted by atomic mass is 10.1. The fraction of sp³-hybridized carbons (Fsp3) is 0.250. The largest absolute Gasteiger partial charge is 0.497 e. The molecular weight excluding hydrogens is 252 g/mol. The Balaban J connectivity index is 1.92. The molecule has 102 valence electrons. The summed E-state index contributed by atoms with van der Waals surface area (Å²) in [6.07, 6.45) is 0. The predicted octanol–water partition coefficient (Wildman–Crippen LogP) is 3.65. The lowest BCUT2D eigenvalue weighted by Gasteiger charge is -2.17. The topological polar surface area (TPSA) is 33.8 Å². The Labute approximate surface area is 118 Å². The SMILES string of the molecule is COc1cc(C)c2c(c1)C[N+](=Nc1ccccc1)CO2. The van der Waals surface area contributed by atoms with Crippen LogP contribution in [0.4, 0.5) is 5.69 Å². The smallest absolute Gasteiger partial charge is 0.311 e. The molecule has 2 aromatic rings. The number of aryl methyl sites for hydroxylation is 1. The van der Waals surface area contributed by atoms with Crippen molar-refractivity contribution >= 4 is 5.69 Å². The van der Waals surface area contributed by atoms with E-state index in [1.807, 2.05) is 54.1 Å². The number of hydrogen-bond donors (Lipinski definition) is 0. The molecule has 0 aliphatic carbocycles. The molecule has 0 unspecified atom stereocenters. The third kappa shape index (κ3) is 2.50. The second-order valence-corrected chi connectivity index (χ2v) is 4.81. The lowest BCUT2D eigenvalue weighted by Crippen LogP contribution is -2.22. The van der Waals surface area contributed by atoms with E-state index in [0.29, 0.717) is 6.73 Å². The number of benzene rings is 2. The van der Waals surface area contributed by atoms with E-state index in [1.54, 1.807) is 7.11 Å². The molecule has 20 heavy (non-hydrogen) atoms. The number of hydrogen-bond acceptors (Lipinski definition) is 3. The van der Waals surface area contributed by atoms with Gasteiger partial charge in [0.2, 0.25) is 6.54 Å². The molecule has 0 aromatic heterocycles. The standard InChI is InChI=1S/C16H17N2O2/c1-12-8-15(19-2)9-13-10-18(11-20-16(12)13)17-14-6-4-3-5-7-14/h3-9H,10-11H2,1-2H3/q+1. The van der Waals surface area contributed by atoms with Crippen molar-refractivity contribution in [2.45, 2.75) is 13.5 Å². The molecule has 0 saturated carbocycles. The maximum atomic E-state index is 5.82. The van der Waals surface area contributed by atoms with Gasteiger partial charge in [0.25, 0.3) is 0 Å². The molecule has 0 fully saturated rings. The number of azo groups is 2. The van der Waals surface area contributed by atoms with Gasteiger partial charge in [-0.15, -0.1) is 0 Å². The van der Waals surface area contributed by atoms with E-state index >= 15 is 0 Å². The van der Waals surface area contributed by atoms with E-state index in [0.717, 1.165) is 34.9 Å². The summed E-state index contributed by atoms with van der Waals surface area (Å²) in [7, 11) is 1.68. The van der Waals surface area contributed by atoms with E-state index in [-0.39, 0.29) is 0 Å². The summed E-state index contributed by atoms with van der Waals surface area (Å²) >= 11 is 0. The highest BCUT2D eigenvalue weighted by Gasteiger charge is 2.23. The summed E-state index contributed by atoms with van der Waals surface area (Å²) < 4.78 is 13.0. The first-order chi connectivity index (χ1) is 9.76. The Kier molecular flexibility index (Phi) is 3.37. The Morgan fingerprint density at radius 2 is 2.00 bits per heavy atom. The first-order valence-corrected chi connectivity index (χ1v) is 6.58. The van der Waals surface area contributed by atoms with Crippen molar-refractivity contribution in [2.75, 3.05) is 13.8 Å². The van der Waals surface area contributed by atoms with E-state index in [1.165, 1.54) is 0 Å². The van der Waals surface area contributed by atoms with Gasteiger partial charge in [-0.3, -0.25) is 0 Å². The number of nitrogens with zero attached hydrogens (tertiary/aromatic N) is 2. The first kappa shape index (κ1) is 12.7. The van der Waals surface area contributed by atoms with E-state index in [2.05, 4.69) is 5.11 Å². The summed E-state index contributed by atoms with van der Waals surface area (Å²) in [6.45, 7) is 3.22. The fourth-order valence-electron chi connectivity index (χ4n) is 2.36. The highest BCUT2D eigenvalue weighted by atomic mass is 16.5. The van der Waals surface area contributed by atoms with Crippen LogP contribution < -0.4 is 9.47 Å². The monoisotopic (exact) mass is 269 g/mol. The van der Waals surface area contributed by atoms with Crippen molar-refractivity contribution in [2.24, 2.45) is 5.11 Å². The van der Waals surface area contributed by atoms with Crippen molar-refractivity contribution in [1.82, 2.24) is 0 Å². The van der Waals surface area contributed by atoms with Crippen LogP contribution in [0.15, 0.2) is 47.6 Å². The van der Waals surface area contributed by atoms with Gasteiger partial charge in [-0.2, -0.15) is 0 Å². The van der Waals surface area contributed by atoms with Crippen LogP contribution in [0, 0.1) is 6.92 Å². The molecule has 0 radical (unpaired) electrons. The molecule has 0 bridgehead atoms. The quantitative estimate of drug-likeness (QED) is 0.780. The third-order valence-electron chi connectivity index (χ3n) is 3.28. The molecule has 0 amide bonds. The van der Waals surface area contributed by atoms with E-state index in [9.17, 15) is 0 Å². The van der Waals surface area contributed by atoms with Crippen LogP contribution in [0.25, 0.3) is 0 Å². The average Bonchev–Trinajstić information content (AvgIpc) is 2.48. The fourth-order valence-corrected chi connectivity index (χ4v) is 2.36. The molecule has 0 N–H and O–H groups in total. The van der Waals surface area contributed by atoms with Gasteiger partial charge in [-0.05, 0) is 41.9 Å². The Morgan fingerprint density at radius 1 is 1.20 bits per heavy atom. The molecule has 1 aliphatic heterocycles. The zero-order chi connectivity index (χ0) is 13.9. The van der Waals surface area contributed by atoms with Crippen molar-refractivity contribution in [3.8, 4) is 11.5 Å². The van der Waals surface area contributed by atoms with E-state index < -0.39 is 0 Å². The molecule has 1 heterocycles. The molecule has 0 saturated heterocycles. The normalized spacial score (nSPS) is 15.6. The second kappa shape index (κ2) is 5.33. The molecule has 2 aromatic carbocycles. The van der Waals surface area contributed by atoms with Gasteiger partial charge in [0.05, 0.1) is 12.7 Å². The number of rotatable bonds is 2. The zero-order valence-corrected chi connectivity index (χ0v) is 11.7. The van der Waals surface area contributed by atoms with Gasteiger partial charge in [0.1, 0.15) is 17.2 Å². The Hall–Kier alpha value is -2.36. The van der Waals surface area contributed by atoms with Crippen LogP contribution in [0.5, 0.6) is 11.5 Å². The summed E-state index contributed by atoms with van der Waals surface area (Å²) in [5.41, 5.74) is 3.13. The minimum absolute atomic E-state index is 0.467. The summed E-state index contributed by atoms with van der Waals surface area (Å²) in [5, 5.41) is 4.57. The third-order valence-corrected chi connectivity index (χ3v) is 3.28. The van der Waals surface area contributed by atoms with Crippen LogP contribution in [0.3, 0.4) is 0 Å². The molecule has 3 rings (SSSR count). The highest BCUT2D eigenvalue weighted by Crippen LogP contribution is 2.32. The molecule has 4 heteroatoms. The summed E-state index contributed by atoms with van der Waals surface area (Å²) in [5.74, 6) is 1.80. The minimum atomic E-state index is 0.467. The van der Waals surface area contributed by atoms with Crippen molar-refractivity contribution in [3.05, 3.63) is 53.6 Å². The number of fused-ring (bicyclic) bond motifs is 1. The van der Waals surface area contributed by atoms with Crippen molar-refractivity contribution in [3.63, 3.8) is 0 Å². The maximum Gasteiger partial charge on any atom is 0.311 e. The number of methoxy groups -OCH3 is 1. The molecule has 0 spiro atoms. The summed E-state index contributed by atoms with van der Waals surface area (Å²) in [4.78, 5) is 0. The van der Waals surface area contributed by atoms with Crippen LogP contribution >= 0.6 is 0 Å². The average molecular weight is 269 g/mol. The van der Waals surface area contributed by atoms with E-state index in [4.69, 9.17) is 9.47 Å². The first-order valence-electron chi connectivity index (χ1n) is 6.58. The van der Waals surface area contributed by atoms with Crippen LogP contribution in [0.2, 0.25) is 0 Å². The second-order valence-electron chi connectivity index (χ2n) is 4.81. The molecule has 0 atom stereocenters. The molecular formula is C16H17N2O2+.